The fourth-order valence-electron chi connectivity index (χ4n) is 1.61. The molecule has 0 N–H and O–H groups in total. The summed E-state index contributed by atoms with van der Waals surface area (Å²) in [5, 5.41) is 0. The Kier molecular flexibility index (Phi) is 6.64. The molecule has 0 heterocycles. The lowest BCUT2D eigenvalue weighted by molar-refractivity contribution is -0.168. The van der Waals surface area contributed by atoms with Crippen molar-refractivity contribution in [1.82, 2.24) is 0 Å². The molecule has 4 heteroatoms. The third-order valence-corrected chi connectivity index (χ3v) is 2.59. The summed E-state index contributed by atoms with van der Waals surface area (Å²) in [4.78, 5) is 23.5. The molecule has 0 unspecified atom stereocenters. The van der Waals surface area contributed by atoms with Gasteiger partial charge in [-0.25, -0.2) is 4.79 Å². The highest BCUT2D eigenvalue weighted by atomic mass is 16.6. The van der Waals surface area contributed by atoms with Crippen molar-refractivity contribution in [2.24, 2.45) is 0 Å². The summed E-state index contributed by atoms with van der Waals surface area (Å²) in [6.07, 6.45) is 1.01. The van der Waals surface area contributed by atoms with Gasteiger partial charge >= 0.3 is 11.9 Å². The Morgan fingerprint density at radius 1 is 1.16 bits per heavy atom. The van der Waals surface area contributed by atoms with Crippen LogP contribution in [-0.4, -0.2) is 18.5 Å². The molecule has 0 aliphatic rings. The zero-order valence-electron chi connectivity index (χ0n) is 11.4. The molecule has 4 nitrogen and oxygen atoms in total. The Morgan fingerprint density at radius 2 is 1.84 bits per heavy atom. The number of benzene rings is 1. The van der Waals surface area contributed by atoms with E-state index in [9.17, 15) is 9.59 Å². The molecule has 0 saturated heterocycles. The SMILES string of the molecule is CCCCC(=O)O[C@@H](C(=O)OCC)c1ccccc1. The molecule has 19 heavy (non-hydrogen) atoms. The molecule has 0 aliphatic heterocycles. The first-order chi connectivity index (χ1) is 9.19. The highest BCUT2D eigenvalue weighted by Gasteiger charge is 2.25. The number of hydrogen-bond acceptors (Lipinski definition) is 4. The molecule has 0 aromatic heterocycles. The van der Waals surface area contributed by atoms with Gasteiger partial charge in [-0.15, -0.1) is 0 Å². The first kappa shape index (κ1) is 15.2. The fraction of sp³-hybridized carbons (Fsp3) is 0.467. The minimum absolute atomic E-state index is 0.259. The van der Waals surface area contributed by atoms with Crippen LogP contribution in [0, 0.1) is 0 Å². The molecular weight excluding hydrogens is 244 g/mol. The smallest absolute Gasteiger partial charge is 0.352 e. The standard InChI is InChI=1S/C15H20O4/c1-3-5-11-13(16)19-14(15(17)18-4-2)12-9-7-6-8-10-12/h6-10,14H,3-5,11H2,1-2H3/t14-/m1/s1. The number of carbonyl (C=O) groups excluding carboxylic acids is 2. The largest absolute Gasteiger partial charge is 0.463 e. The van der Waals surface area contributed by atoms with Gasteiger partial charge in [-0.3, -0.25) is 4.79 Å². The molecule has 1 aromatic carbocycles. The molecule has 104 valence electrons. The topological polar surface area (TPSA) is 52.6 Å². The summed E-state index contributed by atoms with van der Waals surface area (Å²) in [5.41, 5.74) is 0.630. The van der Waals surface area contributed by atoms with Gasteiger partial charge in [-0.05, 0) is 13.3 Å². The van der Waals surface area contributed by atoms with E-state index in [0.717, 1.165) is 12.8 Å². The summed E-state index contributed by atoms with van der Waals surface area (Å²) in [7, 11) is 0. The van der Waals surface area contributed by atoms with Crippen LogP contribution in [0.25, 0.3) is 0 Å². The van der Waals surface area contributed by atoms with E-state index in [1.165, 1.54) is 0 Å². The Labute approximate surface area is 113 Å². The first-order valence-corrected chi connectivity index (χ1v) is 6.60. The van der Waals surface area contributed by atoms with Gasteiger partial charge < -0.3 is 9.47 Å². The van der Waals surface area contributed by atoms with E-state index in [4.69, 9.17) is 9.47 Å². The third kappa shape index (κ3) is 5.12. The number of esters is 2. The normalized spacial score (nSPS) is 11.7. The maximum Gasteiger partial charge on any atom is 0.352 e. The van der Waals surface area contributed by atoms with Crippen LogP contribution < -0.4 is 0 Å². The van der Waals surface area contributed by atoms with Gasteiger partial charge in [0.25, 0.3) is 0 Å². The predicted molar refractivity (Wildman–Crippen MR) is 71.4 cm³/mol. The van der Waals surface area contributed by atoms with Crippen molar-refractivity contribution in [2.45, 2.75) is 39.2 Å². The van der Waals surface area contributed by atoms with E-state index in [0.29, 0.717) is 12.0 Å². The average Bonchev–Trinajstić information content (AvgIpc) is 2.43. The van der Waals surface area contributed by atoms with Crippen LogP contribution in [0.1, 0.15) is 44.8 Å². The molecule has 0 bridgehead atoms. The zero-order chi connectivity index (χ0) is 14.1. The van der Waals surface area contributed by atoms with Crippen LogP contribution in [0.4, 0.5) is 0 Å². The van der Waals surface area contributed by atoms with Crippen molar-refractivity contribution in [2.75, 3.05) is 6.61 Å². The maximum absolute atomic E-state index is 11.9. The second kappa shape index (κ2) is 8.29. The summed E-state index contributed by atoms with van der Waals surface area (Å²) < 4.78 is 10.2. The third-order valence-electron chi connectivity index (χ3n) is 2.59. The van der Waals surface area contributed by atoms with E-state index in [1.54, 1.807) is 31.2 Å². The lowest BCUT2D eigenvalue weighted by Crippen LogP contribution is -2.22. The van der Waals surface area contributed by atoms with Gasteiger partial charge in [0.2, 0.25) is 6.10 Å². The van der Waals surface area contributed by atoms with E-state index in [1.807, 2.05) is 13.0 Å². The predicted octanol–water partition coefficient (Wildman–Crippen LogP) is 3.02. The number of hydrogen-bond donors (Lipinski definition) is 0. The molecule has 1 rings (SSSR count). The van der Waals surface area contributed by atoms with Gasteiger partial charge in [0.05, 0.1) is 6.61 Å². The minimum atomic E-state index is -0.967. The highest BCUT2D eigenvalue weighted by molar-refractivity contribution is 5.80. The summed E-state index contributed by atoms with van der Waals surface area (Å²) in [6.45, 7) is 3.97. The molecule has 0 radical (unpaired) electrons. The van der Waals surface area contributed by atoms with Crippen LogP contribution >= 0.6 is 0 Å². The molecule has 1 aromatic rings. The number of rotatable bonds is 7. The number of unbranched alkanes of at least 4 members (excludes halogenated alkanes) is 1. The molecule has 0 amide bonds. The second-order valence-corrected chi connectivity index (χ2v) is 4.14. The average molecular weight is 264 g/mol. The van der Waals surface area contributed by atoms with E-state index in [-0.39, 0.29) is 12.6 Å². The number of carbonyl (C=O) groups is 2. The van der Waals surface area contributed by atoms with Gasteiger partial charge in [0.15, 0.2) is 0 Å². The van der Waals surface area contributed by atoms with Crippen LogP contribution in [0.2, 0.25) is 0 Å². The Bertz CT molecular complexity index is 400. The van der Waals surface area contributed by atoms with Crippen molar-refractivity contribution < 1.29 is 19.1 Å². The van der Waals surface area contributed by atoms with Gasteiger partial charge in [0, 0.05) is 12.0 Å². The van der Waals surface area contributed by atoms with Crippen LogP contribution in [0.15, 0.2) is 30.3 Å². The zero-order valence-corrected chi connectivity index (χ0v) is 11.4. The Balaban J connectivity index is 2.76. The molecule has 0 aliphatic carbocycles. The molecule has 0 saturated carbocycles. The summed E-state index contributed by atoms with van der Waals surface area (Å²) in [5.74, 6) is -0.901. The van der Waals surface area contributed by atoms with Crippen molar-refractivity contribution in [1.29, 1.82) is 0 Å². The summed E-state index contributed by atoms with van der Waals surface area (Å²) in [6, 6.07) is 8.91. The second-order valence-electron chi connectivity index (χ2n) is 4.14. The number of ether oxygens (including phenoxy) is 2. The minimum Gasteiger partial charge on any atom is -0.463 e. The molecule has 1 atom stereocenters. The van der Waals surface area contributed by atoms with Gasteiger partial charge in [-0.2, -0.15) is 0 Å². The van der Waals surface area contributed by atoms with Gasteiger partial charge in [0.1, 0.15) is 0 Å². The molecular formula is C15H20O4. The lowest BCUT2D eigenvalue weighted by Gasteiger charge is -2.16. The van der Waals surface area contributed by atoms with Crippen molar-refractivity contribution in [3.8, 4) is 0 Å². The van der Waals surface area contributed by atoms with E-state index < -0.39 is 12.1 Å². The van der Waals surface area contributed by atoms with Crippen LogP contribution in [0.5, 0.6) is 0 Å². The fourth-order valence-corrected chi connectivity index (χ4v) is 1.61. The van der Waals surface area contributed by atoms with Crippen molar-refractivity contribution in [3.05, 3.63) is 35.9 Å². The lowest BCUT2D eigenvalue weighted by atomic mass is 10.1. The summed E-state index contributed by atoms with van der Waals surface area (Å²) >= 11 is 0. The van der Waals surface area contributed by atoms with E-state index in [2.05, 4.69) is 0 Å². The quantitative estimate of drug-likeness (QED) is 0.710. The van der Waals surface area contributed by atoms with Crippen LogP contribution in [0.3, 0.4) is 0 Å². The molecule has 0 fully saturated rings. The molecule has 0 spiro atoms. The van der Waals surface area contributed by atoms with E-state index >= 15 is 0 Å². The van der Waals surface area contributed by atoms with Gasteiger partial charge in [-0.1, -0.05) is 43.7 Å². The monoisotopic (exact) mass is 264 g/mol. The van der Waals surface area contributed by atoms with Crippen LogP contribution in [-0.2, 0) is 19.1 Å². The Morgan fingerprint density at radius 3 is 2.42 bits per heavy atom. The highest BCUT2D eigenvalue weighted by Crippen LogP contribution is 2.20. The van der Waals surface area contributed by atoms with Crippen molar-refractivity contribution in [3.63, 3.8) is 0 Å². The maximum atomic E-state index is 11.9. The first-order valence-electron chi connectivity index (χ1n) is 6.60. The van der Waals surface area contributed by atoms with Crippen molar-refractivity contribution >= 4 is 11.9 Å². The Hall–Kier alpha value is -1.84.